The van der Waals surface area contributed by atoms with Gasteiger partial charge in [0.05, 0.1) is 13.1 Å². The molecule has 0 fully saturated rings. The average molecular weight is 421 g/mol. The van der Waals surface area contributed by atoms with Gasteiger partial charge in [0, 0.05) is 24.6 Å². The molecule has 3 amide bonds. The molecule has 9 heteroatoms. The second kappa shape index (κ2) is 11.8. The molecule has 0 radical (unpaired) electrons. The number of rotatable bonds is 10. The van der Waals surface area contributed by atoms with Gasteiger partial charge in [-0.3, -0.25) is 9.69 Å². The summed E-state index contributed by atoms with van der Waals surface area (Å²) in [5, 5.41) is 5.07. The van der Waals surface area contributed by atoms with Crippen LogP contribution in [0.4, 0.5) is 25.0 Å². The Morgan fingerprint density at radius 3 is 2.00 bits per heavy atom. The lowest BCUT2D eigenvalue weighted by Crippen LogP contribution is -2.47. The molecular formula is C21H25F2N3O4. The number of carbonyl (C=O) groups is 2. The summed E-state index contributed by atoms with van der Waals surface area (Å²) >= 11 is 0. The van der Waals surface area contributed by atoms with Gasteiger partial charge in [0.15, 0.2) is 6.29 Å². The fourth-order valence-corrected chi connectivity index (χ4v) is 2.59. The monoisotopic (exact) mass is 421 g/mol. The smallest absolute Gasteiger partial charge is 0.322 e. The molecule has 0 heterocycles. The van der Waals surface area contributed by atoms with E-state index in [1.54, 1.807) is 13.8 Å². The van der Waals surface area contributed by atoms with E-state index in [2.05, 4.69) is 10.6 Å². The molecule has 0 bridgehead atoms. The summed E-state index contributed by atoms with van der Waals surface area (Å²) in [5.74, 6) is -1.35. The number of hydrogen-bond acceptors (Lipinski definition) is 4. The largest absolute Gasteiger partial charge is 0.351 e. The lowest BCUT2D eigenvalue weighted by Gasteiger charge is -2.27. The summed E-state index contributed by atoms with van der Waals surface area (Å²) in [6.45, 7) is 4.08. The Balaban J connectivity index is 2.04. The molecule has 0 aliphatic heterocycles. The highest BCUT2D eigenvalue weighted by Crippen LogP contribution is 2.17. The Labute approximate surface area is 174 Å². The van der Waals surface area contributed by atoms with Gasteiger partial charge in [-0.2, -0.15) is 0 Å². The van der Waals surface area contributed by atoms with Crippen LogP contribution in [-0.4, -0.2) is 44.5 Å². The van der Waals surface area contributed by atoms with Gasteiger partial charge in [0.2, 0.25) is 5.91 Å². The van der Waals surface area contributed by atoms with Gasteiger partial charge in [-0.1, -0.05) is 0 Å². The summed E-state index contributed by atoms with van der Waals surface area (Å²) in [4.78, 5) is 26.2. The molecule has 2 aromatic carbocycles. The molecule has 0 aromatic heterocycles. The number of hydrogen-bond donors (Lipinski definition) is 2. The number of nitrogens with zero attached hydrogens (tertiary/aromatic N) is 1. The quantitative estimate of drug-likeness (QED) is 0.576. The SMILES string of the molecule is CCOC(CN(C(=O)NCC(=O)Nc1ccc(F)cc1)c1ccc(F)cc1)OCC. The van der Waals surface area contributed by atoms with Crippen LogP contribution < -0.4 is 15.5 Å². The van der Waals surface area contributed by atoms with Gasteiger partial charge >= 0.3 is 6.03 Å². The highest BCUT2D eigenvalue weighted by Gasteiger charge is 2.22. The molecule has 2 aromatic rings. The molecule has 0 spiro atoms. The van der Waals surface area contributed by atoms with Crippen molar-refractivity contribution in [2.24, 2.45) is 0 Å². The van der Waals surface area contributed by atoms with E-state index in [0.717, 1.165) is 0 Å². The maximum atomic E-state index is 13.3. The lowest BCUT2D eigenvalue weighted by atomic mass is 10.3. The van der Waals surface area contributed by atoms with E-state index < -0.39 is 29.9 Å². The van der Waals surface area contributed by atoms with Gasteiger partial charge in [0.1, 0.15) is 11.6 Å². The molecule has 0 atom stereocenters. The first kappa shape index (κ1) is 23.2. The second-order valence-corrected chi connectivity index (χ2v) is 6.14. The first-order valence-corrected chi connectivity index (χ1v) is 9.52. The number of carbonyl (C=O) groups excluding carboxylic acids is 2. The van der Waals surface area contributed by atoms with Gasteiger partial charge in [-0.25, -0.2) is 13.6 Å². The van der Waals surface area contributed by atoms with E-state index in [0.29, 0.717) is 24.6 Å². The number of urea groups is 1. The van der Waals surface area contributed by atoms with Crippen LogP contribution in [0.2, 0.25) is 0 Å². The Morgan fingerprint density at radius 1 is 0.933 bits per heavy atom. The molecule has 162 valence electrons. The third kappa shape index (κ3) is 7.41. The number of halogens is 2. The Bertz CT molecular complexity index is 810. The molecule has 0 saturated carbocycles. The molecule has 0 saturated heterocycles. The van der Waals surface area contributed by atoms with Crippen LogP contribution in [-0.2, 0) is 14.3 Å². The van der Waals surface area contributed by atoms with Crippen LogP contribution in [0, 0.1) is 11.6 Å². The molecular weight excluding hydrogens is 396 g/mol. The number of ether oxygens (including phenoxy) is 2. The van der Waals surface area contributed by atoms with E-state index in [9.17, 15) is 18.4 Å². The number of benzene rings is 2. The van der Waals surface area contributed by atoms with Crippen LogP contribution >= 0.6 is 0 Å². The highest BCUT2D eigenvalue weighted by molar-refractivity contribution is 5.98. The third-order valence-electron chi connectivity index (χ3n) is 3.95. The van der Waals surface area contributed by atoms with Crippen molar-refractivity contribution in [2.75, 3.05) is 36.5 Å². The van der Waals surface area contributed by atoms with E-state index in [-0.39, 0.29) is 13.1 Å². The Kier molecular flexibility index (Phi) is 9.17. The minimum Gasteiger partial charge on any atom is -0.351 e. The van der Waals surface area contributed by atoms with Gasteiger partial charge in [-0.15, -0.1) is 0 Å². The van der Waals surface area contributed by atoms with Crippen LogP contribution in [0.1, 0.15) is 13.8 Å². The fourth-order valence-electron chi connectivity index (χ4n) is 2.59. The summed E-state index contributed by atoms with van der Waals surface area (Å²) in [6.07, 6.45) is -0.691. The molecule has 0 aliphatic rings. The summed E-state index contributed by atoms with van der Waals surface area (Å²) in [7, 11) is 0. The van der Waals surface area contributed by atoms with Crippen LogP contribution in [0.3, 0.4) is 0 Å². The topological polar surface area (TPSA) is 79.9 Å². The summed E-state index contributed by atoms with van der Waals surface area (Å²) in [5.41, 5.74) is 0.816. The average Bonchev–Trinajstić information content (AvgIpc) is 2.73. The van der Waals surface area contributed by atoms with Gasteiger partial charge in [0.25, 0.3) is 0 Å². The number of amides is 3. The van der Waals surface area contributed by atoms with E-state index in [1.807, 2.05) is 0 Å². The molecule has 2 rings (SSSR count). The van der Waals surface area contributed by atoms with Crippen molar-refractivity contribution in [1.82, 2.24) is 5.32 Å². The molecule has 30 heavy (non-hydrogen) atoms. The molecule has 0 unspecified atom stereocenters. The van der Waals surface area contributed by atoms with Crippen LogP contribution in [0.5, 0.6) is 0 Å². The van der Waals surface area contributed by atoms with Crippen molar-refractivity contribution in [3.05, 3.63) is 60.2 Å². The van der Waals surface area contributed by atoms with E-state index >= 15 is 0 Å². The van der Waals surface area contributed by atoms with Crippen molar-refractivity contribution in [1.29, 1.82) is 0 Å². The predicted molar refractivity (Wildman–Crippen MR) is 109 cm³/mol. The first-order valence-electron chi connectivity index (χ1n) is 9.52. The zero-order chi connectivity index (χ0) is 21.9. The van der Waals surface area contributed by atoms with Crippen molar-refractivity contribution in [2.45, 2.75) is 20.1 Å². The van der Waals surface area contributed by atoms with Gasteiger partial charge < -0.3 is 20.1 Å². The molecule has 0 aliphatic carbocycles. The predicted octanol–water partition coefficient (Wildman–Crippen LogP) is 3.52. The van der Waals surface area contributed by atoms with Crippen molar-refractivity contribution in [3.8, 4) is 0 Å². The maximum Gasteiger partial charge on any atom is 0.322 e. The normalized spacial score (nSPS) is 10.7. The fraction of sp³-hybridized carbons (Fsp3) is 0.333. The van der Waals surface area contributed by atoms with Crippen molar-refractivity contribution < 1.29 is 27.8 Å². The standard InChI is InChI=1S/C21H25F2N3O4/c1-3-29-20(30-4-2)14-26(18-11-7-16(23)8-12-18)21(28)24-13-19(27)25-17-9-5-15(22)6-10-17/h5-12,20H,3-4,13-14H2,1-2H3,(H,24,28)(H,25,27). The zero-order valence-corrected chi connectivity index (χ0v) is 16.9. The molecule has 2 N–H and O–H groups in total. The Hall–Kier alpha value is -3.04. The zero-order valence-electron chi connectivity index (χ0n) is 16.9. The van der Waals surface area contributed by atoms with Crippen molar-refractivity contribution in [3.63, 3.8) is 0 Å². The van der Waals surface area contributed by atoms with Crippen molar-refractivity contribution >= 4 is 23.3 Å². The first-order chi connectivity index (χ1) is 14.4. The summed E-state index contributed by atoms with van der Waals surface area (Å²) in [6, 6.07) is 10.0. The van der Waals surface area contributed by atoms with E-state index in [4.69, 9.17) is 9.47 Å². The highest BCUT2D eigenvalue weighted by atomic mass is 19.1. The maximum absolute atomic E-state index is 13.3. The third-order valence-corrected chi connectivity index (χ3v) is 3.95. The van der Waals surface area contributed by atoms with E-state index in [1.165, 1.54) is 53.4 Å². The number of nitrogens with one attached hydrogen (secondary N) is 2. The Morgan fingerprint density at radius 2 is 1.47 bits per heavy atom. The summed E-state index contributed by atoms with van der Waals surface area (Å²) < 4.78 is 37.2. The van der Waals surface area contributed by atoms with Gasteiger partial charge in [-0.05, 0) is 62.4 Å². The van der Waals surface area contributed by atoms with Crippen LogP contribution in [0.25, 0.3) is 0 Å². The second-order valence-electron chi connectivity index (χ2n) is 6.14. The minimum atomic E-state index is -0.691. The number of anilines is 2. The molecule has 7 nitrogen and oxygen atoms in total. The van der Waals surface area contributed by atoms with Crippen LogP contribution in [0.15, 0.2) is 48.5 Å². The minimum absolute atomic E-state index is 0.0404. The lowest BCUT2D eigenvalue weighted by molar-refractivity contribution is -0.128.